The molecule has 0 radical (unpaired) electrons. The van der Waals surface area contributed by atoms with Crippen molar-refractivity contribution in [2.75, 3.05) is 0 Å². The Morgan fingerprint density at radius 1 is 0.516 bits per heavy atom. The van der Waals surface area contributed by atoms with Gasteiger partial charge in [0.2, 0.25) is 0 Å². The van der Waals surface area contributed by atoms with E-state index in [9.17, 15) is 88.3 Å². The largest absolute Gasteiger partial charge is 0.758 e. The summed E-state index contributed by atoms with van der Waals surface area (Å²) < 4.78 is 236. The second kappa shape index (κ2) is 7.07. The number of halogens is 17. The fraction of sp³-hybridized carbons (Fsp3) is 1.00. The van der Waals surface area contributed by atoms with Crippen molar-refractivity contribution in [1.82, 2.24) is 4.58 Å². The van der Waals surface area contributed by atoms with E-state index in [4.69, 9.17) is 0 Å². The molecule has 0 fully saturated rings. The lowest BCUT2D eigenvalue weighted by molar-refractivity contribution is -0.458. The Balaban J connectivity index is 6.99. The number of hydrogen-bond acceptors (Lipinski definition) is 4. The molecule has 0 saturated carbocycles. The van der Waals surface area contributed by atoms with Gasteiger partial charge in [-0.2, -0.15) is 74.6 Å². The molecule has 0 aromatic rings. The van der Waals surface area contributed by atoms with Crippen LogP contribution in [0.15, 0.2) is 0 Å². The fourth-order valence-corrected chi connectivity index (χ4v) is 2.10. The lowest BCUT2D eigenvalue weighted by Crippen LogP contribution is -2.75. The Labute approximate surface area is 157 Å². The van der Waals surface area contributed by atoms with E-state index in [2.05, 4.69) is 5.84 Å². The number of rotatable bonds is 8. The highest BCUT2D eigenvalue weighted by molar-refractivity contribution is 7.90. The van der Waals surface area contributed by atoms with Gasteiger partial charge in [0.15, 0.2) is 0 Å². The highest BCUT2D eigenvalue weighted by Crippen LogP contribution is 2.64. The summed E-state index contributed by atoms with van der Waals surface area (Å²) in [6, 6.07) is 0. The third-order valence-electron chi connectivity index (χ3n) is 3.25. The number of sulfonamides is 1. The molecule has 23 heteroatoms. The zero-order chi connectivity index (χ0) is 26.1. The van der Waals surface area contributed by atoms with Gasteiger partial charge < -0.3 is 5.21 Å². The molecule has 0 aromatic carbocycles. The van der Waals surface area contributed by atoms with Gasteiger partial charge in [0.1, 0.15) is 0 Å². The van der Waals surface area contributed by atoms with Crippen LogP contribution in [0, 0.1) is 5.21 Å². The first-order valence-electron chi connectivity index (χ1n) is 6.12. The molecular weight excluding hydrogens is 527 g/mol. The van der Waals surface area contributed by atoms with Crippen molar-refractivity contribution in [2.24, 2.45) is 5.84 Å². The molecule has 0 heterocycles. The maximum Gasteiger partial charge on any atom is 0.460 e. The first-order valence-corrected chi connectivity index (χ1v) is 7.56. The quantitative estimate of drug-likeness (QED) is 0.293. The van der Waals surface area contributed by atoms with Crippen LogP contribution in [0.3, 0.4) is 0 Å². The van der Waals surface area contributed by atoms with Crippen molar-refractivity contribution >= 4 is 10.0 Å². The number of nitrogens with zero attached hydrogens (tertiary/aromatic N) is 1. The van der Waals surface area contributed by atoms with Crippen LogP contribution in [0.2, 0.25) is 0 Å². The molecule has 31 heavy (non-hydrogen) atoms. The van der Waals surface area contributed by atoms with Crippen molar-refractivity contribution in [3.05, 3.63) is 5.21 Å². The molecule has 0 amide bonds. The van der Waals surface area contributed by atoms with Crippen LogP contribution in [0.25, 0.3) is 0 Å². The predicted molar refractivity (Wildman–Crippen MR) is 59.0 cm³/mol. The van der Waals surface area contributed by atoms with Gasteiger partial charge in [-0.05, 0) is 0 Å². The molecule has 0 unspecified atom stereocenters. The normalized spacial score (nSPS) is 16.8. The minimum absolute atomic E-state index is 2.78. The molecule has 0 aromatic heterocycles. The Hall–Kier alpha value is -1.36. The van der Waals surface area contributed by atoms with Gasteiger partial charge in [-0.3, -0.25) is 5.84 Å². The number of hydrogen-bond donors (Lipinski definition) is 1. The molecule has 0 saturated heterocycles. The van der Waals surface area contributed by atoms with Gasteiger partial charge in [0.25, 0.3) is 10.0 Å². The van der Waals surface area contributed by atoms with Gasteiger partial charge in [0, 0.05) is 0 Å². The van der Waals surface area contributed by atoms with Gasteiger partial charge >= 0.3 is 47.0 Å². The second-order valence-electron chi connectivity index (χ2n) is 5.22. The van der Waals surface area contributed by atoms with Crippen molar-refractivity contribution < 1.29 is 83.1 Å². The van der Waals surface area contributed by atoms with Crippen LogP contribution in [0.1, 0.15) is 0 Å². The van der Waals surface area contributed by atoms with Crippen LogP contribution in [0.4, 0.5) is 74.6 Å². The molecule has 0 rings (SSSR count). The van der Waals surface area contributed by atoms with E-state index in [1.54, 1.807) is 0 Å². The lowest BCUT2D eigenvalue weighted by atomic mass is 9.91. The van der Waals surface area contributed by atoms with E-state index < -0.39 is 61.6 Å². The highest BCUT2D eigenvalue weighted by atomic mass is 32.2. The Bertz CT molecular complexity index is 786. The van der Waals surface area contributed by atoms with Crippen LogP contribution < -0.4 is 5.84 Å². The Morgan fingerprint density at radius 3 is 0.968 bits per heavy atom. The van der Waals surface area contributed by atoms with E-state index in [0.717, 1.165) is 0 Å². The van der Waals surface area contributed by atoms with Crippen molar-refractivity contribution in [3.63, 3.8) is 0 Å². The maximum absolute atomic E-state index is 13.2. The van der Waals surface area contributed by atoms with E-state index in [-0.39, 0.29) is 0 Å². The molecule has 0 atom stereocenters. The third kappa shape index (κ3) is 3.46. The summed E-state index contributed by atoms with van der Waals surface area (Å²) in [5.74, 6) is -48.8. The third-order valence-corrected chi connectivity index (χ3v) is 4.63. The first-order chi connectivity index (χ1) is 12.9. The molecular formula is C8H2F17N2O3S-. The predicted octanol–water partition coefficient (Wildman–Crippen LogP) is 3.96. The smallest absolute Gasteiger partial charge is 0.460 e. The minimum atomic E-state index is -8.96. The van der Waals surface area contributed by atoms with Crippen LogP contribution in [0.5, 0.6) is 0 Å². The molecule has 0 spiro atoms. The van der Waals surface area contributed by atoms with Gasteiger partial charge in [-0.1, -0.05) is 0 Å². The average molecular weight is 529 g/mol. The van der Waals surface area contributed by atoms with Crippen LogP contribution in [-0.4, -0.2) is 60.0 Å². The average Bonchev–Trinajstić information content (AvgIpc) is 2.52. The first kappa shape index (κ1) is 29.6. The monoisotopic (exact) mass is 529 g/mol. The van der Waals surface area contributed by atoms with Crippen molar-refractivity contribution in [3.8, 4) is 0 Å². The SMILES string of the molecule is NN([O-])S(=O)(=O)C(F)(F)C(F)(F)C(F)(F)C(F)(F)C(F)(F)C(F)(F)C(F)(F)C(F)(F)F. The molecule has 2 N–H and O–H groups in total. The standard InChI is InChI=1S/C8H2F17N2O3S/c9-1(10,3(13,14)5(17,18)7(21,22)23)2(11,12)4(15,16)6(19,20)8(24,25)31(29,30)27(26)28/h26H2/q-1. The summed E-state index contributed by atoms with van der Waals surface area (Å²) in [4.78, 5) is 0. The summed E-state index contributed by atoms with van der Waals surface area (Å²) in [6.07, 6.45) is -7.91. The summed E-state index contributed by atoms with van der Waals surface area (Å²) in [5, 5.41) is 2.17. The second-order valence-corrected chi connectivity index (χ2v) is 7.04. The van der Waals surface area contributed by atoms with E-state index in [1.165, 1.54) is 0 Å². The highest BCUT2D eigenvalue weighted by Gasteiger charge is 2.96. The zero-order valence-electron chi connectivity index (χ0n) is 13.1. The topological polar surface area (TPSA) is 86.5 Å². The van der Waals surface area contributed by atoms with E-state index >= 15 is 0 Å². The Morgan fingerprint density at radius 2 is 0.742 bits per heavy atom. The van der Waals surface area contributed by atoms with E-state index in [0.29, 0.717) is 0 Å². The van der Waals surface area contributed by atoms with E-state index in [1.807, 2.05) is 0 Å². The maximum atomic E-state index is 13.2. The van der Waals surface area contributed by atoms with Gasteiger partial charge in [0.05, 0.1) is 0 Å². The Kier molecular flexibility index (Phi) is 6.76. The summed E-state index contributed by atoms with van der Waals surface area (Å²) in [7, 11) is -7.91. The number of alkyl halides is 17. The fourth-order valence-electron chi connectivity index (χ4n) is 1.42. The molecule has 0 aliphatic carbocycles. The van der Waals surface area contributed by atoms with Crippen LogP contribution in [-0.2, 0) is 10.0 Å². The van der Waals surface area contributed by atoms with Crippen molar-refractivity contribution in [1.29, 1.82) is 0 Å². The molecule has 0 aliphatic rings. The van der Waals surface area contributed by atoms with Gasteiger partial charge in [-0.15, -0.1) is 0 Å². The van der Waals surface area contributed by atoms with Crippen LogP contribution >= 0.6 is 0 Å². The summed E-state index contributed by atoms with van der Waals surface area (Å²) in [6.45, 7) is 0. The lowest BCUT2D eigenvalue weighted by Gasteiger charge is -2.43. The number of hydrazine groups is 1. The summed E-state index contributed by atoms with van der Waals surface area (Å²) >= 11 is 0. The molecule has 5 nitrogen and oxygen atoms in total. The van der Waals surface area contributed by atoms with Gasteiger partial charge in [-0.25, -0.2) is 13.0 Å². The molecule has 188 valence electrons. The number of nitrogens with two attached hydrogens (primary N) is 1. The molecule has 0 bridgehead atoms. The zero-order valence-corrected chi connectivity index (χ0v) is 13.9. The minimum Gasteiger partial charge on any atom is -0.758 e. The van der Waals surface area contributed by atoms with Crippen molar-refractivity contribution in [2.45, 2.75) is 47.0 Å². The molecule has 0 aliphatic heterocycles. The summed E-state index contributed by atoms with van der Waals surface area (Å²) in [5.41, 5.74) is 0.